The number of nitrogens with one attached hydrogen (secondary N) is 1. The van der Waals surface area contributed by atoms with Crippen LogP contribution < -0.4 is 25.4 Å². The molecule has 0 atom stereocenters. The van der Waals surface area contributed by atoms with Crippen LogP contribution in [0.3, 0.4) is 0 Å². The van der Waals surface area contributed by atoms with Crippen molar-refractivity contribution >= 4 is 17.7 Å². The highest BCUT2D eigenvalue weighted by molar-refractivity contribution is 7.99. The van der Waals surface area contributed by atoms with E-state index < -0.39 is 5.82 Å². The third-order valence-electron chi connectivity index (χ3n) is 4.60. The highest BCUT2D eigenvalue weighted by atomic mass is 32.2. The number of rotatable bonds is 13. The van der Waals surface area contributed by atoms with E-state index in [9.17, 15) is 9.18 Å². The van der Waals surface area contributed by atoms with E-state index in [0.29, 0.717) is 48.7 Å². The van der Waals surface area contributed by atoms with Gasteiger partial charge in [0.15, 0.2) is 28.9 Å². The smallest absolute Gasteiger partial charge is 0.230 e. The van der Waals surface area contributed by atoms with Crippen molar-refractivity contribution in [2.75, 3.05) is 31.4 Å². The molecule has 0 saturated carbocycles. The standard InChI is InChI=1S/C23H28FN5O4S/c1-3-31-19-10-9-16(13-20(19)32-4-2)11-12-26-22(30)15-34-23-28-27-21(29(23)25)14-33-18-8-6-5-7-17(18)24/h5-10,13H,3-4,11-12,14-15,25H2,1-2H3,(H,26,30). The Bertz CT molecular complexity index is 1090. The van der Waals surface area contributed by atoms with Crippen LogP contribution in [-0.2, 0) is 17.8 Å². The minimum absolute atomic E-state index is 0.0526. The first-order valence-corrected chi connectivity index (χ1v) is 11.8. The van der Waals surface area contributed by atoms with Crippen molar-refractivity contribution in [3.63, 3.8) is 0 Å². The fourth-order valence-corrected chi connectivity index (χ4v) is 3.69. The summed E-state index contributed by atoms with van der Waals surface area (Å²) in [6.45, 7) is 5.36. The molecule has 9 nitrogen and oxygen atoms in total. The molecule has 1 aromatic heterocycles. The number of amides is 1. The number of para-hydroxylation sites is 1. The van der Waals surface area contributed by atoms with Crippen LogP contribution in [0.2, 0.25) is 0 Å². The van der Waals surface area contributed by atoms with E-state index in [1.165, 1.54) is 16.8 Å². The van der Waals surface area contributed by atoms with Crippen LogP contribution in [0.1, 0.15) is 25.2 Å². The average Bonchev–Trinajstić information content (AvgIpc) is 3.18. The summed E-state index contributed by atoms with van der Waals surface area (Å²) in [5.74, 6) is 7.28. The number of halogens is 1. The van der Waals surface area contributed by atoms with Crippen molar-refractivity contribution in [1.82, 2.24) is 20.2 Å². The van der Waals surface area contributed by atoms with Crippen molar-refractivity contribution in [3.8, 4) is 17.2 Å². The van der Waals surface area contributed by atoms with Crippen LogP contribution in [0.25, 0.3) is 0 Å². The third-order valence-corrected chi connectivity index (χ3v) is 5.55. The summed E-state index contributed by atoms with van der Waals surface area (Å²) in [5, 5.41) is 11.2. The second-order valence-corrected chi connectivity index (χ2v) is 7.97. The Morgan fingerprint density at radius 2 is 1.82 bits per heavy atom. The number of aromatic nitrogens is 3. The lowest BCUT2D eigenvalue weighted by Gasteiger charge is -2.12. The number of hydrogen-bond acceptors (Lipinski definition) is 8. The fraction of sp³-hybridized carbons (Fsp3) is 0.348. The molecule has 34 heavy (non-hydrogen) atoms. The highest BCUT2D eigenvalue weighted by Gasteiger charge is 2.14. The molecular weight excluding hydrogens is 461 g/mol. The minimum Gasteiger partial charge on any atom is -0.490 e. The Kier molecular flexibility index (Phi) is 9.39. The molecule has 0 bridgehead atoms. The quantitative estimate of drug-likeness (QED) is 0.278. The summed E-state index contributed by atoms with van der Waals surface area (Å²) in [6, 6.07) is 11.8. The molecule has 0 aliphatic rings. The number of nitrogen functional groups attached to an aromatic ring is 1. The molecule has 0 saturated heterocycles. The van der Waals surface area contributed by atoms with E-state index in [-0.39, 0.29) is 24.0 Å². The van der Waals surface area contributed by atoms with Gasteiger partial charge in [-0.05, 0) is 50.1 Å². The molecule has 0 aliphatic carbocycles. The molecule has 3 N–H and O–H groups in total. The Morgan fingerprint density at radius 1 is 1.06 bits per heavy atom. The van der Waals surface area contributed by atoms with Crippen molar-refractivity contribution < 1.29 is 23.4 Å². The van der Waals surface area contributed by atoms with Gasteiger partial charge in [0.25, 0.3) is 0 Å². The molecule has 0 radical (unpaired) electrons. The highest BCUT2D eigenvalue weighted by Crippen LogP contribution is 2.28. The van der Waals surface area contributed by atoms with Crippen molar-refractivity contribution in [1.29, 1.82) is 0 Å². The van der Waals surface area contributed by atoms with E-state index in [1.807, 2.05) is 32.0 Å². The number of carbonyl (C=O) groups is 1. The molecule has 0 aliphatic heterocycles. The Balaban J connectivity index is 1.44. The van der Waals surface area contributed by atoms with E-state index in [4.69, 9.17) is 20.1 Å². The molecule has 3 rings (SSSR count). The van der Waals surface area contributed by atoms with E-state index >= 15 is 0 Å². The number of ether oxygens (including phenoxy) is 3. The molecule has 0 fully saturated rings. The zero-order valence-corrected chi connectivity index (χ0v) is 19.9. The Labute approximate surface area is 201 Å². The van der Waals surface area contributed by atoms with Gasteiger partial charge in [0.1, 0.15) is 6.61 Å². The molecule has 1 heterocycles. The lowest BCUT2D eigenvalue weighted by molar-refractivity contribution is -0.118. The maximum atomic E-state index is 13.7. The summed E-state index contributed by atoms with van der Waals surface area (Å²) in [5.41, 5.74) is 1.03. The summed E-state index contributed by atoms with van der Waals surface area (Å²) in [6.07, 6.45) is 0.646. The normalized spacial score (nSPS) is 10.7. The molecule has 0 unspecified atom stereocenters. The van der Waals surface area contributed by atoms with Gasteiger partial charge in [-0.3, -0.25) is 4.79 Å². The Morgan fingerprint density at radius 3 is 2.59 bits per heavy atom. The van der Waals surface area contributed by atoms with Crippen LogP contribution in [-0.4, -0.2) is 46.3 Å². The predicted octanol–water partition coefficient (Wildman–Crippen LogP) is 2.96. The van der Waals surface area contributed by atoms with E-state index in [2.05, 4.69) is 15.5 Å². The summed E-state index contributed by atoms with van der Waals surface area (Å²) >= 11 is 1.15. The summed E-state index contributed by atoms with van der Waals surface area (Å²) in [7, 11) is 0. The number of benzene rings is 2. The lowest BCUT2D eigenvalue weighted by Crippen LogP contribution is -2.27. The van der Waals surface area contributed by atoms with E-state index in [1.54, 1.807) is 12.1 Å². The van der Waals surface area contributed by atoms with Gasteiger partial charge in [-0.1, -0.05) is 30.0 Å². The zero-order valence-electron chi connectivity index (χ0n) is 19.1. The SMILES string of the molecule is CCOc1ccc(CCNC(=O)CSc2nnc(COc3ccccc3F)n2N)cc1OCC. The third kappa shape index (κ3) is 7.01. The largest absolute Gasteiger partial charge is 0.490 e. The molecular formula is C23H28FN5O4S. The van der Waals surface area contributed by atoms with Gasteiger partial charge in [-0.2, -0.15) is 0 Å². The molecule has 1 amide bonds. The van der Waals surface area contributed by atoms with Crippen molar-refractivity contribution in [2.24, 2.45) is 0 Å². The van der Waals surface area contributed by atoms with Gasteiger partial charge in [0, 0.05) is 6.54 Å². The van der Waals surface area contributed by atoms with Crippen molar-refractivity contribution in [2.45, 2.75) is 32.0 Å². The minimum atomic E-state index is -0.476. The fourth-order valence-electron chi connectivity index (χ4n) is 2.99. The van der Waals surface area contributed by atoms with Gasteiger partial charge < -0.3 is 25.4 Å². The van der Waals surface area contributed by atoms with Crippen LogP contribution in [0, 0.1) is 5.82 Å². The number of nitrogens with two attached hydrogens (primary N) is 1. The first-order valence-electron chi connectivity index (χ1n) is 10.9. The molecule has 3 aromatic rings. The van der Waals surface area contributed by atoms with Crippen LogP contribution >= 0.6 is 11.8 Å². The second-order valence-electron chi connectivity index (χ2n) is 7.02. The topological polar surface area (TPSA) is 114 Å². The van der Waals surface area contributed by atoms with Gasteiger partial charge in [-0.15, -0.1) is 10.2 Å². The predicted molar refractivity (Wildman–Crippen MR) is 127 cm³/mol. The van der Waals surface area contributed by atoms with Crippen LogP contribution in [0.4, 0.5) is 4.39 Å². The van der Waals surface area contributed by atoms with Crippen molar-refractivity contribution in [3.05, 3.63) is 59.7 Å². The van der Waals surface area contributed by atoms with Gasteiger partial charge >= 0.3 is 0 Å². The second kappa shape index (κ2) is 12.7. The molecule has 182 valence electrons. The summed E-state index contributed by atoms with van der Waals surface area (Å²) < 4.78 is 31.5. The Hall–Kier alpha value is -3.47. The number of carbonyl (C=O) groups excluding carboxylic acids is 1. The number of thioether (sulfide) groups is 1. The molecule has 11 heteroatoms. The maximum Gasteiger partial charge on any atom is 0.230 e. The van der Waals surface area contributed by atoms with Crippen LogP contribution in [0.15, 0.2) is 47.6 Å². The van der Waals surface area contributed by atoms with E-state index in [0.717, 1.165) is 17.3 Å². The molecule has 0 spiro atoms. The van der Waals surface area contributed by atoms with Crippen LogP contribution in [0.5, 0.6) is 17.2 Å². The maximum absolute atomic E-state index is 13.7. The first-order chi connectivity index (χ1) is 16.5. The van der Waals surface area contributed by atoms with Gasteiger partial charge in [0.2, 0.25) is 11.1 Å². The average molecular weight is 490 g/mol. The number of nitrogens with zero attached hydrogens (tertiary/aromatic N) is 3. The first kappa shape index (κ1) is 25.2. The van der Waals surface area contributed by atoms with Gasteiger partial charge in [-0.25, -0.2) is 9.07 Å². The monoisotopic (exact) mass is 489 g/mol. The number of hydrogen-bond donors (Lipinski definition) is 2. The molecule has 2 aromatic carbocycles. The van der Waals surface area contributed by atoms with Gasteiger partial charge in [0.05, 0.1) is 19.0 Å². The lowest BCUT2D eigenvalue weighted by atomic mass is 10.1. The summed E-state index contributed by atoms with van der Waals surface area (Å²) in [4.78, 5) is 12.2. The zero-order chi connectivity index (χ0) is 24.3.